The van der Waals surface area contributed by atoms with Crippen molar-refractivity contribution in [2.24, 2.45) is 11.8 Å². The van der Waals surface area contributed by atoms with Gasteiger partial charge in [-0.3, -0.25) is 0 Å². The Morgan fingerprint density at radius 2 is 1.58 bits per heavy atom. The molecule has 0 fully saturated rings. The summed E-state index contributed by atoms with van der Waals surface area (Å²) in [5, 5.41) is 2.72. The summed E-state index contributed by atoms with van der Waals surface area (Å²) in [7, 11) is 0. The highest BCUT2D eigenvalue weighted by Gasteiger charge is 2.08. The SMILES string of the molecule is CC(C)CCCC(C)CCc1ccc2[nH]c3ccc(I)cc3c2c1. The van der Waals surface area contributed by atoms with Crippen LogP contribution in [-0.2, 0) is 6.42 Å². The van der Waals surface area contributed by atoms with Gasteiger partial charge in [-0.05, 0) is 83.2 Å². The summed E-state index contributed by atoms with van der Waals surface area (Å²) in [6, 6.07) is 13.6. The van der Waals surface area contributed by atoms with E-state index in [4.69, 9.17) is 0 Å². The van der Waals surface area contributed by atoms with Gasteiger partial charge < -0.3 is 4.98 Å². The minimum atomic E-state index is 0.823. The van der Waals surface area contributed by atoms with Crippen molar-refractivity contribution in [2.45, 2.75) is 52.9 Å². The van der Waals surface area contributed by atoms with Gasteiger partial charge in [0.1, 0.15) is 0 Å². The van der Waals surface area contributed by atoms with Crippen LogP contribution in [0.15, 0.2) is 36.4 Å². The van der Waals surface area contributed by atoms with E-state index < -0.39 is 0 Å². The second-order valence-corrected chi connectivity index (χ2v) is 8.91. The van der Waals surface area contributed by atoms with Crippen molar-refractivity contribution in [1.82, 2.24) is 4.98 Å². The third-order valence-electron chi connectivity index (χ3n) is 5.03. The third-order valence-corrected chi connectivity index (χ3v) is 5.70. The molecule has 3 rings (SSSR count). The maximum absolute atomic E-state index is 3.53. The summed E-state index contributed by atoms with van der Waals surface area (Å²) < 4.78 is 1.30. The van der Waals surface area contributed by atoms with Crippen LogP contribution in [0.5, 0.6) is 0 Å². The molecule has 0 spiro atoms. The molecule has 0 aliphatic rings. The van der Waals surface area contributed by atoms with Gasteiger partial charge >= 0.3 is 0 Å². The molecule has 1 aromatic heterocycles. The molecule has 1 N–H and O–H groups in total. The van der Waals surface area contributed by atoms with Gasteiger partial charge in [0, 0.05) is 25.4 Å². The zero-order valence-corrected chi connectivity index (χ0v) is 17.2. The zero-order valence-electron chi connectivity index (χ0n) is 15.0. The number of halogens is 1. The fourth-order valence-electron chi connectivity index (χ4n) is 3.50. The lowest BCUT2D eigenvalue weighted by Crippen LogP contribution is -1.99. The first-order valence-corrected chi connectivity index (χ1v) is 10.3. The van der Waals surface area contributed by atoms with Gasteiger partial charge in [0.2, 0.25) is 0 Å². The number of hydrogen-bond donors (Lipinski definition) is 1. The normalized spacial score (nSPS) is 13.2. The van der Waals surface area contributed by atoms with E-state index in [1.165, 1.54) is 63.0 Å². The van der Waals surface area contributed by atoms with Crippen LogP contribution in [-0.4, -0.2) is 4.98 Å². The molecule has 2 aromatic carbocycles. The van der Waals surface area contributed by atoms with Crippen LogP contribution in [0.4, 0.5) is 0 Å². The minimum Gasteiger partial charge on any atom is -0.355 e. The van der Waals surface area contributed by atoms with E-state index in [2.05, 4.69) is 84.7 Å². The van der Waals surface area contributed by atoms with Crippen molar-refractivity contribution < 1.29 is 0 Å². The number of aromatic amines is 1. The Labute approximate surface area is 159 Å². The maximum Gasteiger partial charge on any atom is 0.0465 e. The molecule has 128 valence electrons. The van der Waals surface area contributed by atoms with Gasteiger partial charge in [-0.15, -0.1) is 0 Å². The van der Waals surface area contributed by atoms with Crippen molar-refractivity contribution in [3.63, 3.8) is 0 Å². The van der Waals surface area contributed by atoms with Crippen LogP contribution in [0.2, 0.25) is 0 Å². The van der Waals surface area contributed by atoms with Crippen LogP contribution < -0.4 is 0 Å². The Balaban J connectivity index is 1.69. The Kier molecular flexibility index (Phi) is 5.85. The fourth-order valence-corrected chi connectivity index (χ4v) is 4.00. The van der Waals surface area contributed by atoms with Gasteiger partial charge in [0.05, 0.1) is 0 Å². The fraction of sp³-hybridized carbons (Fsp3) is 0.455. The molecule has 0 aliphatic carbocycles. The highest BCUT2D eigenvalue weighted by Crippen LogP contribution is 2.28. The molecular weight excluding hydrogens is 405 g/mol. The molecule has 3 aromatic rings. The average molecular weight is 433 g/mol. The molecule has 1 nitrogen and oxygen atoms in total. The number of H-pyrrole nitrogens is 1. The summed E-state index contributed by atoms with van der Waals surface area (Å²) in [6.07, 6.45) is 6.59. The second-order valence-electron chi connectivity index (χ2n) is 7.66. The van der Waals surface area contributed by atoms with E-state index in [1.807, 2.05) is 0 Å². The molecule has 0 radical (unpaired) electrons. The molecule has 24 heavy (non-hydrogen) atoms. The van der Waals surface area contributed by atoms with E-state index in [0.717, 1.165) is 11.8 Å². The summed E-state index contributed by atoms with van der Waals surface area (Å²) in [5.74, 6) is 1.66. The van der Waals surface area contributed by atoms with Crippen molar-refractivity contribution in [2.75, 3.05) is 0 Å². The van der Waals surface area contributed by atoms with Crippen molar-refractivity contribution in [3.8, 4) is 0 Å². The number of aromatic nitrogens is 1. The highest BCUT2D eigenvalue weighted by atomic mass is 127. The molecule has 0 saturated heterocycles. The van der Waals surface area contributed by atoms with E-state index in [9.17, 15) is 0 Å². The Bertz CT molecular complexity index is 815. The Hall–Kier alpha value is -1.03. The molecule has 0 bridgehead atoms. The van der Waals surface area contributed by atoms with Crippen LogP contribution in [0.25, 0.3) is 21.8 Å². The standard InChI is InChI=1S/C22H28IN/c1-15(2)5-4-6-16(3)7-8-17-9-11-21-19(13-17)20-14-18(23)10-12-22(20)24-21/h9-16,24H,4-8H2,1-3H3. The first kappa shape index (κ1) is 17.8. The maximum atomic E-state index is 3.53. The summed E-state index contributed by atoms with van der Waals surface area (Å²) in [5.41, 5.74) is 3.96. The third kappa shape index (κ3) is 4.33. The van der Waals surface area contributed by atoms with Crippen LogP contribution in [0.1, 0.15) is 52.0 Å². The summed E-state index contributed by atoms with van der Waals surface area (Å²) in [4.78, 5) is 3.53. The van der Waals surface area contributed by atoms with Gasteiger partial charge in [-0.25, -0.2) is 0 Å². The topological polar surface area (TPSA) is 15.8 Å². The summed E-state index contributed by atoms with van der Waals surface area (Å²) in [6.45, 7) is 7.05. The van der Waals surface area contributed by atoms with Crippen molar-refractivity contribution in [1.29, 1.82) is 0 Å². The lowest BCUT2D eigenvalue weighted by atomic mass is 9.94. The smallest absolute Gasteiger partial charge is 0.0465 e. The summed E-state index contributed by atoms with van der Waals surface area (Å²) >= 11 is 2.40. The van der Waals surface area contributed by atoms with E-state index in [-0.39, 0.29) is 0 Å². The lowest BCUT2D eigenvalue weighted by Gasteiger charge is -2.12. The molecular formula is C22H28IN. The van der Waals surface area contributed by atoms with E-state index in [0.29, 0.717) is 0 Å². The van der Waals surface area contributed by atoms with Gasteiger partial charge in [-0.1, -0.05) is 46.1 Å². The Morgan fingerprint density at radius 1 is 0.875 bits per heavy atom. The van der Waals surface area contributed by atoms with Crippen LogP contribution in [0.3, 0.4) is 0 Å². The average Bonchev–Trinajstić information content (AvgIpc) is 2.90. The van der Waals surface area contributed by atoms with E-state index >= 15 is 0 Å². The molecule has 2 heteroatoms. The van der Waals surface area contributed by atoms with Gasteiger partial charge in [0.15, 0.2) is 0 Å². The predicted octanol–water partition coefficient (Wildman–Crippen LogP) is 7.32. The van der Waals surface area contributed by atoms with Gasteiger partial charge in [0.25, 0.3) is 0 Å². The lowest BCUT2D eigenvalue weighted by molar-refractivity contribution is 0.437. The first-order chi connectivity index (χ1) is 11.5. The van der Waals surface area contributed by atoms with Gasteiger partial charge in [-0.2, -0.15) is 0 Å². The van der Waals surface area contributed by atoms with Crippen LogP contribution in [0, 0.1) is 15.4 Å². The molecule has 1 atom stereocenters. The second kappa shape index (κ2) is 7.90. The molecule has 0 aliphatic heterocycles. The number of rotatable bonds is 7. The van der Waals surface area contributed by atoms with E-state index in [1.54, 1.807) is 0 Å². The van der Waals surface area contributed by atoms with Crippen molar-refractivity contribution >= 4 is 44.4 Å². The van der Waals surface area contributed by atoms with Crippen LogP contribution >= 0.6 is 22.6 Å². The number of fused-ring (bicyclic) bond motifs is 3. The number of hydrogen-bond acceptors (Lipinski definition) is 0. The quantitative estimate of drug-likeness (QED) is 0.376. The predicted molar refractivity (Wildman–Crippen MR) is 115 cm³/mol. The number of nitrogens with one attached hydrogen (secondary N) is 1. The van der Waals surface area contributed by atoms with Crippen molar-refractivity contribution in [3.05, 3.63) is 45.5 Å². The first-order valence-electron chi connectivity index (χ1n) is 9.23. The largest absolute Gasteiger partial charge is 0.355 e. The molecule has 0 saturated carbocycles. The molecule has 1 heterocycles. The minimum absolute atomic E-state index is 0.823. The number of aryl methyl sites for hydroxylation is 1. The monoisotopic (exact) mass is 433 g/mol. The molecule has 0 amide bonds. The highest BCUT2D eigenvalue weighted by molar-refractivity contribution is 14.1. The Morgan fingerprint density at radius 3 is 2.33 bits per heavy atom. The number of benzene rings is 2. The zero-order chi connectivity index (χ0) is 17.1. The molecule has 1 unspecified atom stereocenters.